The summed E-state index contributed by atoms with van der Waals surface area (Å²) in [6.45, 7) is 7.69. The maximum atomic E-state index is 10.6. The van der Waals surface area contributed by atoms with Gasteiger partial charge in [0.15, 0.2) is 0 Å². The third-order valence-electron chi connectivity index (χ3n) is 2.63. The SMILES string of the molecule is CCN(CC)CCCC(S)CCC(N)=O. The van der Waals surface area contributed by atoms with Crippen LogP contribution in [0.2, 0.25) is 0 Å². The van der Waals surface area contributed by atoms with Gasteiger partial charge in [0.1, 0.15) is 0 Å². The zero-order valence-electron chi connectivity index (χ0n) is 9.91. The van der Waals surface area contributed by atoms with E-state index < -0.39 is 0 Å². The Bertz CT molecular complexity index is 172. The van der Waals surface area contributed by atoms with E-state index in [1.807, 2.05) is 0 Å². The van der Waals surface area contributed by atoms with Crippen LogP contribution in [0.1, 0.15) is 39.5 Å². The van der Waals surface area contributed by atoms with Crippen molar-refractivity contribution in [3.63, 3.8) is 0 Å². The summed E-state index contributed by atoms with van der Waals surface area (Å²) in [5.74, 6) is -0.224. The zero-order valence-corrected chi connectivity index (χ0v) is 10.8. The van der Waals surface area contributed by atoms with Crippen molar-refractivity contribution in [2.24, 2.45) is 5.73 Å². The fourth-order valence-corrected chi connectivity index (χ4v) is 1.86. The Morgan fingerprint density at radius 3 is 2.40 bits per heavy atom. The molecule has 0 radical (unpaired) electrons. The van der Waals surface area contributed by atoms with Gasteiger partial charge in [-0.1, -0.05) is 13.8 Å². The van der Waals surface area contributed by atoms with Crippen molar-refractivity contribution in [1.29, 1.82) is 0 Å². The highest BCUT2D eigenvalue weighted by Crippen LogP contribution is 2.11. The lowest BCUT2D eigenvalue weighted by Gasteiger charge is -2.18. The fourth-order valence-electron chi connectivity index (χ4n) is 1.54. The van der Waals surface area contributed by atoms with Crippen molar-refractivity contribution in [3.8, 4) is 0 Å². The molecule has 90 valence electrons. The topological polar surface area (TPSA) is 46.3 Å². The maximum Gasteiger partial charge on any atom is 0.217 e. The second-order valence-electron chi connectivity index (χ2n) is 3.83. The first-order valence-electron chi connectivity index (χ1n) is 5.78. The average Bonchev–Trinajstić information content (AvgIpc) is 2.21. The second-order valence-corrected chi connectivity index (χ2v) is 4.56. The highest BCUT2D eigenvalue weighted by atomic mass is 32.1. The average molecular weight is 232 g/mol. The third kappa shape index (κ3) is 8.75. The molecule has 0 aliphatic heterocycles. The molecular weight excluding hydrogens is 208 g/mol. The minimum Gasteiger partial charge on any atom is -0.370 e. The van der Waals surface area contributed by atoms with Gasteiger partial charge in [0.25, 0.3) is 0 Å². The molecule has 3 nitrogen and oxygen atoms in total. The molecule has 0 aromatic heterocycles. The van der Waals surface area contributed by atoms with Crippen LogP contribution in [0.25, 0.3) is 0 Å². The smallest absolute Gasteiger partial charge is 0.217 e. The summed E-state index contributed by atoms with van der Waals surface area (Å²) >= 11 is 4.44. The molecule has 0 rings (SSSR count). The number of primary amides is 1. The van der Waals surface area contributed by atoms with E-state index in [1.165, 1.54) is 0 Å². The van der Waals surface area contributed by atoms with Gasteiger partial charge in [-0.2, -0.15) is 12.6 Å². The van der Waals surface area contributed by atoms with Gasteiger partial charge in [-0.05, 0) is 38.9 Å². The number of rotatable bonds is 9. The van der Waals surface area contributed by atoms with E-state index in [4.69, 9.17) is 5.73 Å². The van der Waals surface area contributed by atoms with Gasteiger partial charge in [0.05, 0.1) is 0 Å². The standard InChI is InChI=1S/C11H24N2OS/c1-3-13(4-2)9-5-6-10(15)7-8-11(12)14/h10,15H,3-9H2,1-2H3,(H2,12,14). The van der Waals surface area contributed by atoms with E-state index in [-0.39, 0.29) is 5.91 Å². The van der Waals surface area contributed by atoms with Crippen molar-refractivity contribution >= 4 is 18.5 Å². The predicted octanol–water partition coefficient (Wildman–Crippen LogP) is 1.67. The van der Waals surface area contributed by atoms with Crippen LogP contribution < -0.4 is 5.73 Å². The monoisotopic (exact) mass is 232 g/mol. The Labute approximate surface area is 98.8 Å². The summed E-state index contributed by atoms with van der Waals surface area (Å²) in [6.07, 6.45) is 3.47. The number of carbonyl (C=O) groups is 1. The van der Waals surface area contributed by atoms with Crippen LogP contribution in [-0.2, 0) is 4.79 Å². The number of nitrogens with zero attached hydrogens (tertiary/aromatic N) is 1. The van der Waals surface area contributed by atoms with Gasteiger partial charge >= 0.3 is 0 Å². The summed E-state index contributed by atoms with van der Waals surface area (Å²) < 4.78 is 0. The van der Waals surface area contributed by atoms with Crippen LogP contribution in [0.4, 0.5) is 0 Å². The Morgan fingerprint density at radius 1 is 1.33 bits per heavy atom. The van der Waals surface area contributed by atoms with Gasteiger partial charge in [-0.25, -0.2) is 0 Å². The molecule has 2 N–H and O–H groups in total. The van der Waals surface area contributed by atoms with Crippen LogP contribution in [0, 0.1) is 0 Å². The van der Waals surface area contributed by atoms with Crippen molar-refractivity contribution < 1.29 is 4.79 Å². The summed E-state index contributed by atoms with van der Waals surface area (Å²) in [7, 11) is 0. The molecule has 0 aliphatic carbocycles. The van der Waals surface area contributed by atoms with Gasteiger partial charge in [-0.15, -0.1) is 0 Å². The quantitative estimate of drug-likeness (QED) is 0.594. The molecule has 0 bridgehead atoms. The molecule has 0 aromatic rings. The number of hydrogen-bond acceptors (Lipinski definition) is 3. The lowest BCUT2D eigenvalue weighted by atomic mass is 10.1. The summed E-state index contributed by atoms with van der Waals surface area (Å²) in [6, 6.07) is 0. The fraction of sp³-hybridized carbons (Fsp3) is 0.909. The van der Waals surface area contributed by atoms with Gasteiger partial charge in [0.2, 0.25) is 5.91 Å². The zero-order chi connectivity index (χ0) is 11.7. The first-order valence-corrected chi connectivity index (χ1v) is 6.30. The van der Waals surface area contributed by atoms with E-state index in [0.29, 0.717) is 11.7 Å². The molecular formula is C11H24N2OS. The molecule has 1 amide bonds. The van der Waals surface area contributed by atoms with E-state index in [0.717, 1.165) is 38.9 Å². The molecule has 15 heavy (non-hydrogen) atoms. The third-order valence-corrected chi connectivity index (χ3v) is 3.15. The molecule has 0 heterocycles. The predicted molar refractivity (Wildman–Crippen MR) is 68.2 cm³/mol. The van der Waals surface area contributed by atoms with E-state index in [2.05, 4.69) is 31.4 Å². The van der Waals surface area contributed by atoms with Crippen LogP contribution >= 0.6 is 12.6 Å². The minimum atomic E-state index is -0.224. The van der Waals surface area contributed by atoms with Gasteiger partial charge < -0.3 is 10.6 Å². The largest absolute Gasteiger partial charge is 0.370 e. The Balaban J connectivity index is 3.45. The summed E-state index contributed by atoms with van der Waals surface area (Å²) in [5.41, 5.74) is 5.08. The molecule has 4 heteroatoms. The molecule has 0 fully saturated rings. The lowest BCUT2D eigenvalue weighted by molar-refractivity contribution is -0.118. The van der Waals surface area contributed by atoms with Crippen LogP contribution in [0.5, 0.6) is 0 Å². The van der Waals surface area contributed by atoms with Crippen molar-refractivity contribution in [2.75, 3.05) is 19.6 Å². The van der Waals surface area contributed by atoms with Gasteiger partial charge in [0, 0.05) is 11.7 Å². The number of amides is 1. The van der Waals surface area contributed by atoms with Crippen LogP contribution in [0.3, 0.4) is 0 Å². The van der Waals surface area contributed by atoms with Crippen LogP contribution in [-0.4, -0.2) is 35.7 Å². The highest BCUT2D eigenvalue weighted by Gasteiger charge is 2.06. The Hall–Kier alpha value is -0.220. The summed E-state index contributed by atoms with van der Waals surface area (Å²) in [4.78, 5) is 13.0. The van der Waals surface area contributed by atoms with Crippen LogP contribution in [0.15, 0.2) is 0 Å². The van der Waals surface area contributed by atoms with Crippen molar-refractivity contribution in [1.82, 2.24) is 4.90 Å². The van der Waals surface area contributed by atoms with E-state index in [1.54, 1.807) is 0 Å². The van der Waals surface area contributed by atoms with Gasteiger partial charge in [-0.3, -0.25) is 4.79 Å². The van der Waals surface area contributed by atoms with Crippen molar-refractivity contribution in [2.45, 2.75) is 44.8 Å². The maximum absolute atomic E-state index is 10.6. The molecule has 0 saturated carbocycles. The second kappa shape index (κ2) is 9.04. The van der Waals surface area contributed by atoms with Crippen molar-refractivity contribution in [3.05, 3.63) is 0 Å². The Morgan fingerprint density at radius 2 is 1.93 bits per heavy atom. The molecule has 0 saturated heterocycles. The molecule has 0 spiro atoms. The van der Waals surface area contributed by atoms with E-state index in [9.17, 15) is 4.79 Å². The first-order chi connectivity index (χ1) is 7.10. The van der Waals surface area contributed by atoms with E-state index >= 15 is 0 Å². The number of hydrogen-bond donors (Lipinski definition) is 2. The number of thiol groups is 1. The first kappa shape index (κ1) is 14.8. The minimum absolute atomic E-state index is 0.224. The molecule has 1 atom stereocenters. The number of carbonyl (C=O) groups excluding carboxylic acids is 1. The highest BCUT2D eigenvalue weighted by molar-refractivity contribution is 7.80. The lowest BCUT2D eigenvalue weighted by Crippen LogP contribution is -2.24. The normalized spacial score (nSPS) is 13.1. The number of nitrogens with two attached hydrogens (primary N) is 1. The molecule has 0 aromatic carbocycles. The molecule has 0 aliphatic rings. The molecule has 1 unspecified atom stereocenters. The summed E-state index contributed by atoms with van der Waals surface area (Å²) in [5, 5.41) is 0.313. The Kier molecular flexibility index (Phi) is 8.91.